The summed E-state index contributed by atoms with van der Waals surface area (Å²) in [5.41, 5.74) is -1.17. The summed E-state index contributed by atoms with van der Waals surface area (Å²) < 4.78 is 29.5. The van der Waals surface area contributed by atoms with E-state index in [0.29, 0.717) is 0 Å². The lowest BCUT2D eigenvalue weighted by Gasteiger charge is -2.08. The van der Waals surface area contributed by atoms with Crippen LogP contribution in [0.1, 0.15) is 22.3 Å². The van der Waals surface area contributed by atoms with E-state index < -0.39 is 23.5 Å². The number of pyridine rings is 1. The maximum absolute atomic E-state index is 12.5. The minimum absolute atomic E-state index is 0.0674. The molecule has 0 spiro atoms. The second kappa shape index (κ2) is 4.52. The van der Waals surface area contributed by atoms with Crippen LogP contribution in [0.15, 0.2) is 10.7 Å². The Morgan fingerprint density at radius 1 is 1.67 bits per heavy atom. The van der Waals surface area contributed by atoms with Crippen LogP contribution in [-0.4, -0.2) is 23.2 Å². The highest BCUT2D eigenvalue weighted by atomic mass is 79.9. The maximum Gasteiger partial charge on any atom is 0.338 e. The lowest BCUT2D eigenvalue weighted by molar-refractivity contribution is 0.0682. The van der Waals surface area contributed by atoms with E-state index in [4.69, 9.17) is 5.11 Å². The lowest BCUT2D eigenvalue weighted by atomic mass is 10.1. The van der Waals surface area contributed by atoms with E-state index >= 15 is 0 Å². The first-order chi connectivity index (χ1) is 6.97. The molecule has 0 aromatic carbocycles. The molecule has 1 heterocycles. The number of methoxy groups -OCH3 is 1. The fourth-order valence-corrected chi connectivity index (χ4v) is 1.57. The number of nitrogens with zero attached hydrogens (tertiary/aromatic N) is 1. The zero-order chi connectivity index (χ0) is 11.6. The third-order valence-electron chi connectivity index (χ3n) is 1.64. The maximum atomic E-state index is 12.5. The highest BCUT2D eigenvalue weighted by molar-refractivity contribution is 9.10. The van der Waals surface area contributed by atoms with Crippen LogP contribution in [0.2, 0.25) is 0 Å². The molecule has 0 unspecified atom stereocenters. The van der Waals surface area contributed by atoms with E-state index in [1.807, 2.05) is 0 Å². The molecule has 0 radical (unpaired) electrons. The molecule has 0 aliphatic carbocycles. The van der Waals surface area contributed by atoms with Crippen molar-refractivity contribution in [2.75, 3.05) is 7.11 Å². The van der Waals surface area contributed by atoms with Gasteiger partial charge in [0.15, 0.2) is 0 Å². The lowest BCUT2D eigenvalue weighted by Crippen LogP contribution is -2.06. The van der Waals surface area contributed by atoms with Crippen molar-refractivity contribution < 1.29 is 23.4 Å². The first kappa shape index (κ1) is 11.8. The standard InChI is InChI=1S/C8H6BrF2NO3/c1-15-4-2-3(7(10)11)5(8(13)14)6(9)12-4/h2,7H,1H3,(H,13,14). The fraction of sp³-hybridized carbons (Fsp3) is 0.250. The fourth-order valence-electron chi connectivity index (χ4n) is 0.998. The predicted molar refractivity (Wildman–Crippen MR) is 50.4 cm³/mol. The van der Waals surface area contributed by atoms with E-state index in [1.165, 1.54) is 7.11 Å². The number of rotatable bonds is 3. The van der Waals surface area contributed by atoms with Gasteiger partial charge in [-0.2, -0.15) is 0 Å². The molecule has 0 atom stereocenters. The van der Waals surface area contributed by atoms with Gasteiger partial charge in [-0.3, -0.25) is 0 Å². The van der Waals surface area contributed by atoms with Crippen LogP contribution in [0, 0.1) is 0 Å². The van der Waals surface area contributed by atoms with Crippen molar-refractivity contribution in [2.45, 2.75) is 6.43 Å². The molecule has 0 saturated carbocycles. The minimum atomic E-state index is -2.90. The molecule has 0 fully saturated rings. The molecule has 0 saturated heterocycles. The monoisotopic (exact) mass is 281 g/mol. The molecule has 1 rings (SSSR count). The number of carboxylic acid groups (broad SMARTS) is 1. The Morgan fingerprint density at radius 3 is 2.67 bits per heavy atom. The van der Waals surface area contributed by atoms with E-state index in [1.54, 1.807) is 0 Å². The SMILES string of the molecule is COc1cc(C(F)F)c(C(=O)O)c(Br)n1. The van der Waals surface area contributed by atoms with Gasteiger partial charge in [0.2, 0.25) is 5.88 Å². The molecule has 0 aliphatic heterocycles. The van der Waals surface area contributed by atoms with Crippen LogP contribution in [0.25, 0.3) is 0 Å². The number of carboxylic acids is 1. The van der Waals surface area contributed by atoms with Crippen molar-refractivity contribution in [2.24, 2.45) is 0 Å². The Morgan fingerprint density at radius 2 is 2.27 bits per heavy atom. The van der Waals surface area contributed by atoms with Crippen LogP contribution >= 0.6 is 15.9 Å². The van der Waals surface area contributed by atoms with Crippen molar-refractivity contribution >= 4 is 21.9 Å². The number of aromatic nitrogens is 1. The van der Waals surface area contributed by atoms with Crippen LogP contribution in [0.5, 0.6) is 5.88 Å². The molecule has 82 valence electrons. The van der Waals surface area contributed by atoms with Gasteiger partial charge < -0.3 is 9.84 Å². The first-order valence-corrected chi connectivity index (χ1v) is 4.52. The summed E-state index contributed by atoms with van der Waals surface area (Å²) in [4.78, 5) is 14.3. The number of ether oxygens (including phenoxy) is 1. The van der Waals surface area contributed by atoms with E-state index in [2.05, 4.69) is 25.7 Å². The van der Waals surface area contributed by atoms with Crippen LogP contribution in [0.4, 0.5) is 8.78 Å². The van der Waals surface area contributed by atoms with Crippen LogP contribution in [0.3, 0.4) is 0 Å². The molecule has 15 heavy (non-hydrogen) atoms. The van der Waals surface area contributed by atoms with Crippen molar-refractivity contribution in [3.05, 3.63) is 21.8 Å². The molecule has 0 aliphatic rings. The normalized spacial score (nSPS) is 10.5. The van der Waals surface area contributed by atoms with Gasteiger partial charge in [0.25, 0.3) is 6.43 Å². The van der Waals surface area contributed by atoms with Crippen molar-refractivity contribution in [3.63, 3.8) is 0 Å². The first-order valence-electron chi connectivity index (χ1n) is 3.73. The molecule has 1 aromatic heterocycles. The molecule has 1 aromatic rings. The zero-order valence-electron chi connectivity index (χ0n) is 7.50. The quantitative estimate of drug-likeness (QED) is 0.865. The summed E-state index contributed by atoms with van der Waals surface area (Å²) >= 11 is 2.80. The van der Waals surface area contributed by atoms with Gasteiger partial charge in [0, 0.05) is 11.6 Å². The minimum Gasteiger partial charge on any atom is -0.481 e. The largest absolute Gasteiger partial charge is 0.481 e. The summed E-state index contributed by atoms with van der Waals surface area (Å²) in [6, 6.07) is 0.902. The van der Waals surface area contributed by atoms with E-state index in [-0.39, 0.29) is 10.5 Å². The average Bonchev–Trinajstić information content (AvgIpc) is 2.15. The van der Waals surface area contributed by atoms with Crippen molar-refractivity contribution in [1.82, 2.24) is 4.98 Å². The van der Waals surface area contributed by atoms with Gasteiger partial charge in [0.05, 0.1) is 7.11 Å². The Balaban J connectivity index is 3.42. The molecular weight excluding hydrogens is 276 g/mol. The number of aromatic carboxylic acids is 1. The van der Waals surface area contributed by atoms with Gasteiger partial charge in [-0.25, -0.2) is 18.6 Å². The molecule has 1 N–H and O–H groups in total. The summed E-state index contributed by atoms with van der Waals surface area (Å²) in [6.45, 7) is 0. The number of hydrogen-bond donors (Lipinski definition) is 1. The van der Waals surface area contributed by atoms with Gasteiger partial charge in [-0.1, -0.05) is 0 Å². The smallest absolute Gasteiger partial charge is 0.338 e. The zero-order valence-corrected chi connectivity index (χ0v) is 9.09. The summed E-state index contributed by atoms with van der Waals surface area (Å²) in [5.74, 6) is -1.53. The second-order valence-corrected chi connectivity index (χ2v) is 3.28. The Kier molecular flexibility index (Phi) is 3.57. The highest BCUT2D eigenvalue weighted by Crippen LogP contribution is 2.30. The van der Waals surface area contributed by atoms with Gasteiger partial charge in [-0.05, 0) is 15.9 Å². The number of alkyl halides is 2. The number of hydrogen-bond acceptors (Lipinski definition) is 3. The summed E-state index contributed by atoms with van der Waals surface area (Å²) in [6.07, 6.45) is -2.90. The molecule has 0 bridgehead atoms. The van der Waals surface area contributed by atoms with Crippen LogP contribution < -0.4 is 4.74 Å². The Hall–Kier alpha value is -1.24. The molecule has 7 heteroatoms. The molecule has 4 nitrogen and oxygen atoms in total. The number of carbonyl (C=O) groups is 1. The average molecular weight is 282 g/mol. The van der Waals surface area contributed by atoms with Crippen molar-refractivity contribution in [3.8, 4) is 5.88 Å². The van der Waals surface area contributed by atoms with Gasteiger partial charge in [-0.15, -0.1) is 0 Å². The summed E-state index contributed by atoms with van der Waals surface area (Å²) in [7, 11) is 1.25. The van der Waals surface area contributed by atoms with E-state index in [0.717, 1.165) is 6.07 Å². The van der Waals surface area contributed by atoms with Gasteiger partial charge >= 0.3 is 5.97 Å². The van der Waals surface area contributed by atoms with E-state index in [9.17, 15) is 13.6 Å². The molecular formula is C8H6BrF2NO3. The number of halogens is 3. The van der Waals surface area contributed by atoms with Crippen LogP contribution in [-0.2, 0) is 0 Å². The van der Waals surface area contributed by atoms with Crippen molar-refractivity contribution in [1.29, 1.82) is 0 Å². The Labute approximate surface area is 92.0 Å². The third kappa shape index (κ3) is 2.41. The third-order valence-corrected chi connectivity index (χ3v) is 2.21. The molecule has 0 amide bonds. The second-order valence-electron chi connectivity index (χ2n) is 2.53. The Bertz CT molecular complexity index is 398. The summed E-state index contributed by atoms with van der Waals surface area (Å²) in [5, 5.41) is 8.71. The van der Waals surface area contributed by atoms with Gasteiger partial charge in [0.1, 0.15) is 10.2 Å². The predicted octanol–water partition coefficient (Wildman–Crippen LogP) is 2.49. The topological polar surface area (TPSA) is 59.4 Å². The highest BCUT2D eigenvalue weighted by Gasteiger charge is 2.23.